The van der Waals surface area contributed by atoms with Crippen molar-refractivity contribution in [3.8, 4) is 11.8 Å². The van der Waals surface area contributed by atoms with E-state index in [1.807, 2.05) is 0 Å². The predicted molar refractivity (Wildman–Crippen MR) is 142 cm³/mol. The lowest BCUT2D eigenvalue weighted by molar-refractivity contribution is 0.0893. The molecule has 1 aromatic heterocycles. The van der Waals surface area contributed by atoms with Crippen LogP contribution in [0, 0.1) is 11.3 Å². The molecule has 3 heterocycles. The van der Waals surface area contributed by atoms with Gasteiger partial charge in [0, 0.05) is 56.7 Å². The van der Waals surface area contributed by atoms with Crippen molar-refractivity contribution < 1.29 is 9.53 Å². The van der Waals surface area contributed by atoms with Gasteiger partial charge in [0.1, 0.15) is 11.8 Å². The van der Waals surface area contributed by atoms with E-state index in [9.17, 15) is 4.79 Å². The lowest BCUT2D eigenvalue weighted by Crippen LogP contribution is -2.53. The minimum atomic E-state index is -0.134. The van der Waals surface area contributed by atoms with Gasteiger partial charge in [-0.05, 0) is 63.7 Å². The van der Waals surface area contributed by atoms with Crippen LogP contribution in [0.15, 0.2) is 30.6 Å². The van der Waals surface area contributed by atoms with Gasteiger partial charge in [0.15, 0.2) is 0 Å². The molecular formula is C27H34ClN7O2. The Morgan fingerprint density at radius 2 is 1.76 bits per heavy atom. The van der Waals surface area contributed by atoms with Crippen molar-refractivity contribution in [2.45, 2.75) is 56.7 Å². The van der Waals surface area contributed by atoms with Gasteiger partial charge >= 0.3 is 0 Å². The maximum Gasteiger partial charge on any atom is 0.254 e. The van der Waals surface area contributed by atoms with Crippen LogP contribution in [-0.4, -0.2) is 78.2 Å². The van der Waals surface area contributed by atoms with Crippen molar-refractivity contribution in [3.63, 3.8) is 0 Å². The van der Waals surface area contributed by atoms with E-state index in [0.29, 0.717) is 33.9 Å². The van der Waals surface area contributed by atoms with Crippen molar-refractivity contribution in [2.75, 3.05) is 44.2 Å². The molecule has 2 N–H and O–H groups in total. The summed E-state index contributed by atoms with van der Waals surface area (Å²) in [5.74, 6) is 1.23. The quantitative estimate of drug-likeness (QED) is 0.595. The molecule has 0 atom stereocenters. The first-order chi connectivity index (χ1) is 18.1. The molecule has 5 rings (SSSR count). The van der Waals surface area contributed by atoms with E-state index in [2.05, 4.69) is 36.5 Å². The maximum atomic E-state index is 12.8. The number of benzene rings is 1. The zero-order valence-corrected chi connectivity index (χ0v) is 21.8. The van der Waals surface area contributed by atoms with E-state index in [1.165, 1.54) is 12.8 Å². The number of amides is 1. The number of hydrogen-bond donors (Lipinski definition) is 2. The highest BCUT2D eigenvalue weighted by Crippen LogP contribution is 2.27. The number of ether oxygens (including phenoxy) is 1. The Kier molecular flexibility index (Phi) is 8.39. The molecule has 2 aromatic rings. The van der Waals surface area contributed by atoms with Gasteiger partial charge in [0.25, 0.3) is 5.91 Å². The Morgan fingerprint density at radius 1 is 1.05 bits per heavy atom. The zero-order valence-electron chi connectivity index (χ0n) is 21.0. The van der Waals surface area contributed by atoms with Gasteiger partial charge in [-0.1, -0.05) is 11.6 Å². The lowest BCUT2D eigenvalue weighted by atomic mass is 9.92. The van der Waals surface area contributed by atoms with Crippen molar-refractivity contribution in [1.82, 2.24) is 25.5 Å². The Balaban J connectivity index is 1.06. The number of aromatic nitrogens is 2. The number of nitrogens with one attached hydrogen (secondary N) is 2. The summed E-state index contributed by atoms with van der Waals surface area (Å²) in [6, 6.07) is 7.97. The summed E-state index contributed by atoms with van der Waals surface area (Å²) in [5, 5.41) is 16.0. The van der Waals surface area contributed by atoms with E-state index >= 15 is 0 Å². The smallest absolute Gasteiger partial charge is 0.254 e. The molecule has 1 saturated carbocycles. The summed E-state index contributed by atoms with van der Waals surface area (Å²) in [4.78, 5) is 26.6. The van der Waals surface area contributed by atoms with Crippen LogP contribution in [0.5, 0.6) is 5.75 Å². The summed E-state index contributed by atoms with van der Waals surface area (Å²) in [6.45, 7) is 6.11. The van der Waals surface area contributed by atoms with Gasteiger partial charge in [0.05, 0.1) is 22.3 Å². The van der Waals surface area contributed by atoms with E-state index in [-0.39, 0.29) is 18.1 Å². The van der Waals surface area contributed by atoms with E-state index in [4.69, 9.17) is 21.6 Å². The van der Waals surface area contributed by atoms with E-state index in [0.717, 1.165) is 65.0 Å². The van der Waals surface area contributed by atoms with Crippen LogP contribution in [0.4, 0.5) is 5.95 Å². The van der Waals surface area contributed by atoms with Crippen LogP contribution in [0.1, 0.15) is 54.4 Å². The third kappa shape index (κ3) is 6.50. The highest BCUT2D eigenvalue weighted by atomic mass is 35.5. The number of nitrogens with zero attached hydrogens (tertiary/aromatic N) is 5. The first-order valence-electron chi connectivity index (χ1n) is 13.3. The summed E-state index contributed by atoms with van der Waals surface area (Å²) < 4.78 is 6.05. The van der Waals surface area contributed by atoms with Gasteiger partial charge in [-0.15, -0.1) is 0 Å². The number of carbonyl (C=O) groups is 1. The third-order valence-electron chi connectivity index (χ3n) is 7.70. The highest BCUT2D eigenvalue weighted by molar-refractivity contribution is 6.31. The molecular weight excluding hydrogens is 490 g/mol. The Morgan fingerprint density at radius 3 is 2.41 bits per heavy atom. The van der Waals surface area contributed by atoms with Crippen molar-refractivity contribution >= 4 is 23.5 Å². The fraction of sp³-hybridized carbons (Fsp3) is 0.556. The number of halogens is 1. The van der Waals surface area contributed by atoms with Crippen LogP contribution in [-0.2, 0) is 0 Å². The second-order valence-corrected chi connectivity index (χ2v) is 10.5. The molecule has 3 aliphatic rings. The van der Waals surface area contributed by atoms with Crippen molar-refractivity contribution in [3.05, 3.63) is 46.7 Å². The summed E-state index contributed by atoms with van der Waals surface area (Å²) in [6.07, 6.45) is 9.13. The molecule has 9 nitrogen and oxygen atoms in total. The second-order valence-electron chi connectivity index (χ2n) is 10.1. The molecule has 2 saturated heterocycles. The molecule has 0 radical (unpaired) electrons. The number of piperazine rings is 1. The first-order valence-corrected chi connectivity index (χ1v) is 13.7. The summed E-state index contributed by atoms with van der Waals surface area (Å²) in [5.41, 5.74) is 0.926. The number of piperidine rings is 1. The fourth-order valence-electron chi connectivity index (χ4n) is 5.51. The van der Waals surface area contributed by atoms with Crippen LogP contribution in [0.2, 0.25) is 5.02 Å². The van der Waals surface area contributed by atoms with Gasteiger partial charge in [0.2, 0.25) is 5.95 Å². The minimum Gasteiger partial charge on any atom is -0.490 e. The summed E-state index contributed by atoms with van der Waals surface area (Å²) in [7, 11) is 0. The molecule has 1 aromatic carbocycles. The number of nitriles is 1. The van der Waals surface area contributed by atoms with Gasteiger partial charge in [-0.3, -0.25) is 9.69 Å². The van der Waals surface area contributed by atoms with Crippen molar-refractivity contribution in [2.24, 2.45) is 0 Å². The lowest BCUT2D eigenvalue weighted by Gasteiger charge is -2.40. The van der Waals surface area contributed by atoms with E-state index in [1.54, 1.807) is 30.6 Å². The Bertz CT molecular complexity index is 1100. The molecule has 0 unspecified atom stereocenters. The molecule has 3 fully saturated rings. The molecule has 0 bridgehead atoms. The molecule has 37 heavy (non-hydrogen) atoms. The maximum absolute atomic E-state index is 12.8. The first kappa shape index (κ1) is 25.7. The van der Waals surface area contributed by atoms with Crippen LogP contribution in [0.25, 0.3) is 0 Å². The SMILES string of the molecule is N#Cc1ccc(OC2CCC(NC(=O)c3cnc(N4CCN(C5CCNCC5)CC4)nc3)CC2)cc1Cl. The van der Waals surface area contributed by atoms with E-state index < -0.39 is 0 Å². The van der Waals surface area contributed by atoms with Gasteiger partial charge < -0.3 is 20.3 Å². The topological polar surface area (TPSA) is 106 Å². The molecule has 2 aliphatic heterocycles. The molecule has 10 heteroatoms. The standard InChI is InChI=1S/C27H34ClN7O2/c28-25-15-24(4-1-19(25)16-29)37-23-5-2-21(3-6-23)33-26(36)20-17-31-27(32-18-20)35-13-11-34(12-14-35)22-7-9-30-10-8-22/h1,4,15,17-18,21-23,30H,2-3,5-14H2,(H,33,36). The molecule has 196 valence electrons. The number of hydrogen-bond acceptors (Lipinski definition) is 8. The third-order valence-corrected chi connectivity index (χ3v) is 8.01. The van der Waals surface area contributed by atoms with Crippen LogP contribution < -0.4 is 20.3 Å². The number of anilines is 1. The van der Waals surface area contributed by atoms with Gasteiger partial charge in [-0.2, -0.15) is 5.26 Å². The van der Waals surface area contributed by atoms with Crippen LogP contribution >= 0.6 is 11.6 Å². The normalized spacial score (nSPS) is 23.3. The fourth-order valence-corrected chi connectivity index (χ4v) is 5.72. The monoisotopic (exact) mass is 523 g/mol. The Labute approximate surface area is 223 Å². The Hall–Kier alpha value is -2.93. The average Bonchev–Trinajstić information content (AvgIpc) is 2.95. The molecule has 0 spiro atoms. The molecule has 1 amide bonds. The predicted octanol–water partition coefficient (Wildman–Crippen LogP) is 3.00. The minimum absolute atomic E-state index is 0.0648. The largest absolute Gasteiger partial charge is 0.490 e. The average molecular weight is 524 g/mol. The number of carbonyl (C=O) groups excluding carboxylic acids is 1. The highest BCUT2D eigenvalue weighted by Gasteiger charge is 2.27. The zero-order chi connectivity index (χ0) is 25.6. The summed E-state index contributed by atoms with van der Waals surface area (Å²) >= 11 is 6.11. The van der Waals surface area contributed by atoms with Crippen molar-refractivity contribution in [1.29, 1.82) is 5.26 Å². The second kappa shape index (κ2) is 12.1. The molecule has 1 aliphatic carbocycles. The van der Waals surface area contributed by atoms with Gasteiger partial charge in [-0.25, -0.2) is 9.97 Å². The number of rotatable bonds is 6. The van der Waals surface area contributed by atoms with Crippen LogP contribution in [0.3, 0.4) is 0 Å².